The van der Waals surface area contributed by atoms with Crippen molar-refractivity contribution in [1.29, 1.82) is 0 Å². The van der Waals surface area contributed by atoms with Crippen molar-refractivity contribution < 1.29 is 31.1 Å². The molecule has 2 aliphatic carbocycles. The number of carbonyl (C=O) groups is 1. The Morgan fingerprint density at radius 3 is 2.22 bits per heavy atom. The van der Waals surface area contributed by atoms with Gasteiger partial charge < -0.3 is 15.0 Å². The van der Waals surface area contributed by atoms with Crippen molar-refractivity contribution in [1.82, 2.24) is 24.6 Å². The highest BCUT2D eigenvalue weighted by Gasteiger charge is 2.52. The van der Waals surface area contributed by atoms with Gasteiger partial charge in [0.1, 0.15) is 5.82 Å². The molecule has 6 rings (SSSR count). The second-order valence-corrected chi connectivity index (χ2v) is 14.5. The molecule has 2 heterocycles. The van der Waals surface area contributed by atoms with E-state index in [1.807, 2.05) is 12.1 Å². The van der Waals surface area contributed by atoms with E-state index in [9.17, 15) is 26.4 Å². The number of halogens is 4. The molecule has 1 saturated heterocycles. The number of benzene rings is 2. The number of anilines is 1. The molecule has 1 aromatic heterocycles. The number of rotatable bonds is 12. The highest BCUT2D eigenvalue weighted by Crippen LogP contribution is 2.48. The summed E-state index contributed by atoms with van der Waals surface area (Å²) in [6, 6.07) is 12.6. The van der Waals surface area contributed by atoms with Crippen molar-refractivity contribution in [2.45, 2.75) is 68.0 Å². The van der Waals surface area contributed by atoms with Crippen molar-refractivity contribution >= 4 is 33.5 Å². The third-order valence-corrected chi connectivity index (χ3v) is 10.3. The number of ether oxygens (including phenoxy) is 1. The van der Waals surface area contributed by atoms with Crippen LogP contribution in [0.15, 0.2) is 53.4 Å². The van der Waals surface area contributed by atoms with Crippen LogP contribution < -0.4 is 14.8 Å². The fourth-order valence-electron chi connectivity index (χ4n) is 5.75. The highest BCUT2D eigenvalue weighted by atomic mass is 35.5. The molecule has 46 heavy (non-hydrogen) atoms. The van der Waals surface area contributed by atoms with Crippen LogP contribution in [0.5, 0.6) is 6.01 Å². The molecule has 2 N–H and O–H groups in total. The number of sulfonamides is 1. The normalized spacial score (nSPS) is 18.9. The number of alkyl halides is 3. The Kier molecular flexibility index (Phi) is 8.89. The summed E-state index contributed by atoms with van der Waals surface area (Å²) in [6.45, 7) is 0.823. The van der Waals surface area contributed by atoms with Crippen LogP contribution >= 0.6 is 11.6 Å². The maximum absolute atomic E-state index is 13.1. The fraction of sp³-hybridized carbons (Fsp3) is 0.484. The Hall–Kier alpha value is -3.49. The topological polar surface area (TPSA) is 126 Å². The number of amides is 1. The van der Waals surface area contributed by atoms with Gasteiger partial charge in [0.25, 0.3) is 10.0 Å². The third kappa shape index (κ3) is 7.89. The minimum atomic E-state index is -4.59. The third-order valence-electron chi connectivity index (χ3n) is 8.66. The van der Waals surface area contributed by atoms with Gasteiger partial charge in [-0.25, -0.2) is 13.1 Å². The van der Waals surface area contributed by atoms with E-state index in [-0.39, 0.29) is 23.1 Å². The van der Waals surface area contributed by atoms with Crippen molar-refractivity contribution in [2.24, 2.45) is 5.41 Å². The van der Waals surface area contributed by atoms with Crippen LogP contribution in [-0.2, 0) is 26.8 Å². The molecule has 10 nitrogen and oxygen atoms in total. The molecule has 2 aromatic carbocycles. The second-order valence-electron chi connectivity index (χ2n) is 12.3. The van der Waals surface area contributed by atoms with E-state index in [1.54, 1.807) is 24.3 Å². The first kappa shape index (κ1) is 32.5. The van der Waals surface area contributed by atoms with Crippen LogP contribution in [0.1, 0.15) is 61.9 Å². The predicted molar refractivity (Wildman–Crippen MR) is 164 cm³/mol. The van der Waals surface area contributed by atoms with E-state index < -0.39 is 45.7 Å². The van der Waals surface area contributed by atoms with Crippen molar-refractivity contribution in [3.8, 4) is 6.01 Å². The molecule has 246 valence electrons. The van der Waals surface area contributed by atoms with Crippen LogP contribution in [-0.4, -0.2) is 66.6 Å². The lowest BCUT2D eigenvalue weighted by Crippen LogP contribution is -2.44. The predicted octanol–water partition coefficient (Wildman–Crippen LogP) is 5.23. The molecule has 3 aliphatic rings. The van der Waals surface area contributed by atoms with Crippen LogP contribution in [0.25, 0.3) is 0 Å². The first-order valence-corrected chi connectivity index (χ1v) is 17.1. The fourth-order valence-corrected chi connectivity index (χ4v) is 6.95. The lowest BCUT2D eigenvalue weighted by atomic mass is 10.0. The summed E-state index contributed by atoms with van der Waals surface area (Å²) in [5, 5.41) is 3.80. The van der Waals surface area contributed by atoms with Crippen LogP contribution in [0, 0.1) is 5.41 Å². The van der Waals surface area contributed by atoms with Crippen LogP contribution in [0.2, 0.25) is 5.02 Å². The summed E-state index contributed by atoms with van der Waals surface area (Å²) in [7, 11) is -4.11. The summed E-state index contributed by atoms with van der Waals surface area (Å²) < 4.78 is 72.1. The van der Waals surface area contributed by atoms with Crippen molar-refractivity contribution in [3.63, 3.8) is 0 Å². The summed E-state index contributed by atoms with van der Waals surface area (Å²) in [4.78, 5) is 27.8. The summed E-state index contributed by atoms with van der Waals surface area (Å²) >= 11 is 6.03. The Balaban J connectivity index is 1.15. The number of hydrogen-bond acceptors (Lipinski definition) is 9. The smallest absolute Gasteiger partial charge is 0.422 e. The van der Waals surface area contributed by atoms with Gasteiger partial charge in [0, 0.05) is 18.0 Å². The maximum Gasteiger partial charge on any atom is 0.422 e. The molecule has 2 saturated carbocycles. The van der Waals surface area contributed by atoms with Gasteiger partial charge in [-0.2, -0.15) is 28.1 Å². The molecule has 0 atom stereocenters. The largest absolute Gasteiger partial charge is 0.454 e. The summed E-state index contributed by atoms with van der Waals surface area (Å²) in [5.74, 6) is -0.306. The molecule has 1 amide bonds. The van der Waals surface area contributed by atoms with E-state index >= 15 is 0 Å². The van der Waals surface area contributed by atoms with Gasteiger partial charge in [-0.1, -0.05) is 42.3 Å². The summed E-state index contributed by atoms with van der Waals surface area (Å²) in [5.41, 5.74) is 0.344. The van der Waals surface area contributed by atoms with Gasteiger partial charge >= 0.3 is 12.2 Å². The van der Waals surface area contributed by atoms with Gasteiger partial charge in [-0.05, 0) is 87.0 Å². The number of likely N-dealkylation sites (tertiary alicyclic amines) is 1. The van der Waals surface area contributed by atoms with E-state index in [0.717, 1.165) is 44.3 Å². The zero-order valence-corrected chi connectivity index (χ0v) is 26.5. The standard InChI is InChI=1S/C31H34ClF3N6O4S/c32-23-8-6-22(7-9-23)30(14-15-30)39-27-36-25(37-28(38-27)45-20-31(33,34)35)18-21-4-10-24(11-5-21)46(43,44)40-26(42)29(12-13-29)19-41-16-2-1-3-17-41/h4-11H,1-3,12-20H2,(H,40,42)(H,36,37,38,39). The molecule has 0 radical (unpaired) electrons. The highest BCUT2D eigenvalue weighted by molar-refractivity contribution is 7.90. The van der Waals surface area contributed by atoms with Gasteiger partial charge in [-0.3, -0.25) is 4.79 Å². The Morgan fingerprint density at radius 2 is 1.61 bits per heavy atom. The molecular formula is C31H34ClF3N6O4S. The van der Waals surface area contributed by atoms with Crippen LogP contribution in [0.3, 0.4) is 0 Å². The van der Waals surface area contributed by atoms with E-state index in [0.29, 0.717) is 30.0 Å². The molecule has 3 fully saturated rings. The Bertz CT molecular complexity index is 1680. The number of nitrogens with one attached hydrogen (secondary N) is 2. The first-order valence-electron chi connectivity index (χ1n) is 15.2. The molecule has 3 aromatic rings. The second kappa shape index (κ2) is 12.6. The minimum Gasteiger partial charge on any atom is -0.454 e. The Labute approximate surface area is 270 Å². The lowest BCUT2D eigenvalue weighted by molar-refractivity contribution is -0.154. The number of carbonyl (C=O) groups excluding carboxylic acids is 1. The lowest BCUT2D eigenvalue weighted by Gasteiger charge is -2.29. The monoisotopic (exact) mass is 678 g/mol. The van der Waals surface area contributed by atoms with Gasteiger partial charge in [0.15, 0.2) is 6.61 Å². The van der Waals surface area contributed by atoms with E-state index in [4.69, 9.17) is 16.3 Å². The number of piperidine rings is 1. The average molecular weight is 679 g/mol. The van der Waals surface area contributed by atoms with Gasteiger partial charge in [0.05, 0.1) is 15.8 Å². The number of hydrogen-bond donors (Lipinski definition) is 2. The Morgan fingerprint density at radius 1 is 0.935 bits per heavy atom. The van der Waals surface area contributed by atoms with E-state index in [2.05, 4.69) is 29.9 Å². The van der Waals surface area contributed by atoms with Gasteiger partial charge in [0.2, 0.25) is 11.9 Å². The van der Waals surface area contributed by atoms with Gasteiger partial charge in [-0.15, -0.1) is 0 Å². The molecule has 0 unspecified atom stereocenters. The summed E-state index contributed by atoms with van der Waals surface area (Å²) in [6.07, 6.45) is 1.60. The zero-order chi connectivity index (χ0) is 32.6. The zero-order valence-electron chi connectivity index (χ0n) is 24.9. The molecular weight excluding hydrogens is 645 g/mol. The first-order chi connectivity index (χ1) is 21.8. The SMILES string of the molecule is O=C(NS(=O)(=O)c1ccc(Cc2nc(NC3(c4ccc(Cl)cc4)CC3)nc(OCC(F)(F)F)n2)cc1)C1(CN2CCCCC2)CC1. The maximum atomic E-state index is 13.1. The average Bonchev–Trinajstić information content (AvgIpc) is 3.95. The molecule has 0 spiro atoms. The van der Waals surface area contributed by atoms with E-state index in [1.165, 1.54) is 18.6 Å². The molecule has 15 heteroatoms. The van der Waals surface area contributed by atoms with Crippen molar-refractivity contribution in [3.05, 3.63) is 70.5 Å². The van der Waals surface area contributed by atoms with Crippen molar-refractivity contribution in [2.75, 3.05) is 31.6 Å². The molecule has 0 bridgehead atoms. The minimum absolute atomic E-state index is 0.0510. The molecule has 1 aliphatic heterocycles. The number of nitrogens with zero attached hydrogens (tertiary/aromatic N) is 4. The number of aromatic nitrogens is 3. The van der Waals surface area contributed by atoms with Crippen LogP contribution in [0.4, 0.5) is 19.1 Å². The quantitative estimate of drug-likeness (QED) is 0.265.